The highest BCUT2D eigenvalue weighted by atomic mass is 32.1. The first-order valence-electron chi connectivity index (χ1n) is 6.02. The first-order valence-corrected chi connectivity index (χ1v) is 6.84. The molecular weight excluding hydrogens is 252 g/mol. The van der Waals surface area contributed by atoms with Gasteiger partial charge in [0.1, 0.15) is 10.9 Å². The van der Waals surface area contributed by atoms with E-state index in [1.165, 1.54) is 11.3 Å². The van der Waals surface area contributed by atoms with Gasteiger partial charge in [-0.05, 0) is 20.3 Å². The molecule has 1 atom stereocenters. The molecule has 18 heavy (non-hydrogen) atoms. The molecule has 2 aromatic heterocycles. The Balaban J connectivity index is 2.31. The van der Waals surface area contributed by atoms with Gasteiger partial charge in [-0.1, -0.05) is 24.7 Å². The number of fused-ring (bicyclic) bond motifs is 1. The summed E-state index contributed by atoms with van der Waals surface area (Å²) in [7, 11) is 0. The van der Waals surface area contributed by atoms with Crippen LogP contribution in [0, 0.1) is 6.92 Å². The second-order valence-corrected chi connectivity index (χ2v) is 4.96. The Labute approximate surface area is 109 Å². The van der Waals surface area contributed by atoms with Crippen LogP contribution in [0.5, 0.6) is 0 Å². The number of carbonyl (C=O) groups is 1. The summed E-state index contributed by atoms with van der Waals surface area (Å²) in [5.41, 5.74) is 0. The van der Waals surface area contributed by atoms with Gasteiger partial charge in [-0.3, -0.25) is 4.79 Å². The molecule has 2 heterocycles. The van der Waals surface area contributed by atoms with Gasteiger partial charge in [0.2, 0.25) is 4.96 Å². The van der Waals surface area contributed by atoms with Crippen LogP contribution >= 0.6 is 11.3 Å². The number of aromatic nitrogens is 4. The number of carbonyl (C=O) groups excluding carboxylic acids is 1. The second-order valence-electron chi connectivity index (χ2n) is 3.98. The number of aryl methyl sites for hydroxylation is 1. The third-order valence-corrected chi connectivity index (χ3v) is 3.62. The second kappa shape index (κ2) is 5.43. The molecule has 2 rings (SSSR count). The van der Waals surface area contributed by atoms with Gasteiger partial charge >= 0.3 is 5.97 Å². The van der Waals surface area contributed by atoms with Crippen molar-refractivity contribution in [3.63, 3.8) is 0 Å². The molecule has 6 nitrogen and oxygen atoms in total. The molecule has 0 spiro atoms. The van der Waals surface area contributed by atoms with Crippen molar-refractivity contribution in [3.05, 3.63) is 10.8 Å². The van der Waals surface area contributed by atoms with Crippen molar-refractivity contribution >= 4 is 22.3 Å². The van der Waals surface area contributed by atoms with E-state index in [0.717, 1.165) is 23.7 Å². The van der Waals surface area contributed by atoms with Crippen LogP contribution in [0.1, 0.15) is 43.4 Å². The molecule has 0 saturated heterocycles. The Morgan fingerprint density at radius 2 is 2.22 bits per heavy atom. The minimum absolute atomic E-state index is 0.207. The zero-order valence-corrected chi connectivity index (χ0v) is 11.5. The maximum absolute atomic E-state index is 11.9. The van der Waals surface area contributed by atoms with E-state index < -0.39 is 0 Å². The quantitative estimate of drug-likeness (QED) is 0.775. The van der Waals surface area contributed by atoms with Crippen LogP contribution in [0.25, 0.3) is 4.96 Å². The Kier molecular flexibility index (Phi) is 3.90. The molecule has 2 aromatic rings. The number of ether oxygens (including phenoxy) is 1. The van der Waals surface area contributed by atoms with Crippen molar-refractivity contribution in [2.75, 3.05) is 6.61 Å². The molecule has 1 unspecified atom stereocenters. The first kappa shape index (κ1) is 12.9. The smallest absolute Gasteiger partial charge is 0.315 e. The summed E-state index contributed by atoms with van der Waals surface area (Å²) in [5, 5.41) is 13.1. The van der Waals surface area contributed by atoms with E-state index in [-0.39, 0.29) is 11.9 Å². The molecule has 0 fully saturated rings. The van der Waals surface area contributed by atoms with Crippen LogP contribution in [0.3, 0.4) is 0 Å². The van der Waals surface area contributed by atoms with E-state index in [9.17, 15) is 4.79 Å². The van der Waals surface area contributed by atoms with Crippen molar-refractivity contribution in [1.29, 1.82) is 0 Å². The summed E-state index contributed by atoms with van der Waals surface area (Å²) in [5.74, 6) is 0.231. The summed E-state index contributed by atoms with van der Waals surface area (Å²) in [6.07, 6.45) is 1.64. The molecule has 0 aliphatic rings. The zero-order chi connectivity index (χ0) is 13.1. The molecule has 0 bridgehead atoms. The van der Waals surface area contributed by atoms with Gasteiger partial charge in [-0.25, -0.2) is 0 Å². The van der Waals surface area contributed by atoms with Crippen LogP contribution in [-0.2, 0) is 9.53 Å². The fraction of sp³-hybridized carbons (Fsp3) is 0.636. The van der Waals surface area contributed by atoms with E-state index in [4.69, 9.17) is 4.74 Å². The van der Waals surface area contributed by atoms with Crippen LogP contribution in [-0.4, -0.2) is 32.4 Å². The minimum atomic E-state index is -0.291. The average Bonchev–Trinajstić information content (AvgIpc) is 2.89. The van der Waals surface area contributed by atoms with Crippen molar-refractivity contribution in [1.82, 2.24) is 19.8 Å². The molecule has 0 saturated carbocycles. The van der Waals surface area contributed by atoms with Gasteiger partial charge in [0.15, 0.2) is 5.82 Å². The molecule has 0 aliphatic carbocycles. The van der Waals surface area contributed by atoms with Gasteiger partial charge in [0, 0.05) is 0 Å². The lowest BCUT2D eigenvalue weighted by molar-refractivity contribution is -0.145. The van der Waals surface area contributed by atoms with E-state index >= 15 is 0 Å². The minimum Gasteiger partial charge on any atom is -0.465 e. The maximum atomic E-state index is 11.9. The zero-order valence-electron chi connectivity index (χ0n) is 10.7. The van der Waals surface area contributed by atoms with Crippen molar-refractivity contribution < 1.29 is 9.53 Å². The van der Waals surface area contributed by atoms with Gasteiger partial charge in [-0.15, -0.1) is 10.2 Å². The van der Waals surface area contributed by atoms with Crippen molar-refractivity contribution in [2.24, 2.45) is 0 Å². The monoisotopic (exact) mass is 268 g/mol. The van der Waals surface area contributed by atoms with Crippen molar-refractivity contribution in [3.8, 4) is 0 Å². The Morgan fingerprint density at radius 1 is 1.44 bits per heavy atom. The standard InChI is InChI=1S/C11H16N4O2S/c1-4-6-8(10(16)17-5-2)9-14-15-7(3)12-13-11(15)18-9/h8H,4-6H2,1-3H3. The summed E-state index contributed by atoms with van der Waals surface area (Å²) in [4.78, 5) is 12.6. The number of nitrogens with zero attached hydrogens (tertiary/aromatic N) is 4. The lowest BCUT2D eigenvalue weighted by Gasteiger charge is -2.11. The van der Waals surface area contributed by atoms with E-state index in [1.54, 1.807) is 4.52 Å². The summed E-state index contributed by atoms with van der Waals surface area (Å²) >= 11 is 1.40. The fourth-order valence-electron chi connectivity index (χ4n) is 1.74. The highest BCUT2D eigenvalue weighted by molar-refractivity contribution is 7.16. The van der Waals surface area contributed by atoms with Gasteiger partial charge in [0.05, 0.1) is 6.61 Å². The number of hydrogen-bond donors (Lipinski definition) is 0. The molecule has 0 aliphatic heterocycles. The number of esters is 1. The third kappa shape index (κ3) is 2.35. The molecule has 98 valence electrons. The summed E-state index contributed by atoms with van der Waals surface area (Å²) < 4.78 is 6.76. The largest absolute Gasteiger partial charge is 0.465 e. The van der Waals surface area contributed by atoms with Crippen LogP contribution in [0.2, 0.25) is 0 Å². The first-order chi connectivity index (χ1) is 8.67. The fourth-order valence-corrected chi connectivity index (χ4v) is 2.75. The predicted octanol–water partition coefficient (Wildman–Crippen LogP) is 1.94. The van der Waals surface area contributed by atoms with Gasteiger partial charge in [0.25, 0.3) is 0 Å². The SMILES string of the molecule is CCCC(C(=O)OCC)c1nn2c(C)nnc2s1. The predicted molar refractivity (Wildman–Crippen MR) is 67.7 cm³/mol. The molecule has 0 aromatic carbocycles. The Morgan fingerprint density at radius 3 is 2.83 bits per heavy atom. The van der Waals surface area contributed by atoms with Crippen LogP contribution < -0.4 is 0 Å². The van der Waals surface area contributed by atoms with Crippen LogP contribution in [0.15, 0.2) is 0 Å². The Bertz CT molecular complexity index is 548. The van der Waals surface area contributed by atoms with Crippen molar-refractivity contribution in [2.45, 2.75) is 39.5 Å². The highest BCUT2D eigenvalue weighted by Crippen LogP contribution is 2.27. The molecule has 0 N–H and O–H groups in total. The number of rotatable bonds is 5. The van der Waals surface area contributed by atoms with E-state index in [1.807, 2.05) is 20.8 Å². The van der Waals surface area contributed by atoms with Gasteiger partial charge in [-0.2, -0.15) is 9.61 Å². The summed E-state index contributed by atoms with van der Waals surface area (Å²) in [6, 6.07) is 0. The van der Waals surface area contributed by atoms with Crippen LogP contribution in [0.4, 0.5) is 0 Å². The maximum Gasteiger partial charge on any atom is 0.315 e. The molecule has 0 radical (unpaired) electrons. The normalized spacial score (nSPS) is 12.8. The highest BCUT2D eigenvalue weighted by Gasteiger charge is 2.26. The van der Waals surface area contributed by atoms with Gasteiger partial charge < -0.3 is 4.74 Å². The Hall–Kier alpha value is -1.50. The molecular formula is C11H16N4O2S. The van der Waals surface area contributed by atoms with E-state index in [2.05, 4.69) is 15.3 Å². The lowest BCUT2D eigenvalue weighted by Crippen LogP contribution is -2.16. The van der Waals surface area contributed by atoms with E-state index in [0.29, 0.717) is 11.6 Å². The number of hydrogen-bond acceptors (Lipinski definition) is 6. The lowest BCUT2D eigenvalue weighted by atomic mass is 10.1. The average molecular weight is 268 g/mol. The topological polar surface area (TPSA) is 69.4 Å². The molecule has 0 amide bonds. The molecule has 7 heteroatoms. The summed E-state index contributed by atoms with van der Waals surface area (Å²) in [6.45, 7) is 6.08. The third-order valence-electron chi connectivity index (χ3n) is 2.61.